The maximum absolute atomic E-state index is 11.9. The third kappa shape index (κ3) is 5.75. The number of nitrogens with zero attached hydrogens (tertiary/aromatic N) is 1. The molecule has 2 rings (SSSR count). The summed E-state index contributed by atoms with van der Waals surface area (Å²) in [5, 5.41) is 2.73. The van der Waals surface area contributed by atoms with Crippen LogP contribution in [-0.2, 0) is 14.3 Å². The van der Waals surface area contributed by atoms with Gasteiger partial charge in [-0.15, -0.1) is 24.2 Å². The zero-order valence-corrected chi connectivity index (χ0v) is 13.8. The topological polar surface area (TPSA) is 84.7 Å². The number of nitrogens with two attached hydrogens (primary N) is 1. The molecule has 1 aromatic rings. The van der Waals surface area contributed by atoms with E-state index in [-0.39, 0.29) is 30.0 Å². The number of nitrogens with one attached hydrogen (secondary N) is 1. The van der Waals surface area contributed by atoms with E-state index in [9.17, 15) is 9.59 Å². The van der Waals surface area contributed by atoms with Crippen LogP contribution in [0.5, 0.6) is 0 Å². The lowest BCUT2D eigenvalue weighted by Crippen LogP contribution is -2.41. The SMILES string of the molecule is Cl.Nc1ccccc1NC(=O)CSCC(=O)N1CCOCC1. The number of thioether (sulfide) groups is 1. The summed E-state index contributed by atoms with van der Waals surface area (Å²) >= 11 is 1.30. The van der Waals surface area contributed by atoms with Crippen LogP contribution in [0.2, 0.25) is 0 Å². The van der Waals surface area contributed by atoms with Gasteiger partial charge in [-0.3, -0.25) is 9.59 Å². The molecule has 1 aliphatic rings. The largest absolute Gasteiger partial charge is 0.397 e. The van der Waals surface area contributed by atoms with Gasteiger partial charge >= 0.3 is 0 Å². The first-order valence-corrected chi connectivity index (χ1v) is 7.90. The zero-order valence-electron chi connectivity index (χ0n) is 12.1. The number of hydrogen-bond acceptors (Lipinski definition) is 5. The highest BCUT2D eigenvalue weighted by molar-refractivity contribution is 8.00. The molecular formula is C14H20ClN3O3S. The molecule has 0 radical (unpaired) electrons. The highest BCUT2D eigenvalue weighted by Gasteiger charge is 2.17. The number of amides is 2. The van der Waals surface area contributed by atoms with Gasteiger partial charge in [-0.2, -0.15) is 0 Å². The van der Waals surface area contributed by atoms with Crippen LogP contribution in [0.4, 0.5) is 11.4 Å². The van der Waals surface area contributed by atoms with E-state index in [1.807, 2.05) is 0 Å². The minimum absolute atomic E-state index is 0. The van der Waals surface area contributed by atoms with E-state index < -0.39 is 0 Å². The van der Waals surface area contributed by atoms with E-state index in [0.717, 1.165) is 0 Å². The Morgan fingerprint density at radius 2 is 1.91 bits per heavy atom. The van der Waals surface area contributed by atoms with Crippen molar-refractivity contribution in [3.63, 3.8) is 0 Å². The van der Waals surface area contributed by atoms with Crippen molar-refractivity contribution in [3.05, 3.63) is 24.3 Å². The lowest BCUT2D eigenvalue weighted by molar-refractivity contribution is -0.132. The number of rotatable bonds is 5. The number of carbonyl (C=O) groups excluding carboxylic acids is 2. The van der Waals surface area contributed by atoms with Gasteiger partial charge in [0.15, 0.2) is 0 Å². The Morgan fingerprint density at radius 1 is 1.23 bits per heavy atom. The number of nitrogen functional groups attached to an aromatic ring is 1. The molecule has 0 aliphatic carbocycles. The molecule has 0 unspecified atom stereocenters. The van der Waals surface area contributed by atoms with E-state index in [1.54, 1.807) is 29.2 Å². The van der Waals surface area contributed by atoms with Crippen LogP contribution in [0, 0.1) is 0 Å². The second-order valence-corrected chi connectivity index (χ2v) is 5.61. The highest BCUT2D eigenvalue weighted by Crippen LogP contribution is 2.17. The molecule has 0 bridgehead atoms. The fourth-order valence-corrected chi connectivity index (χ4v) is 2.65. The molecule has 1 heterocycles. The molecule has 1 aromatic carbocycles. The van der Waals surface area contributed by atoms with Crippen molar-refractivity contribution < 1.29 is 14.3 Å². The summed E-state index contributed by atoms with van der Waals surface area (Å²) in [5.41, 5.74) is 6.88. The van der Waals surface area contributed by atoms with Gasteiger partial charge in [-0.05, 0) is 12.1 Å². The van der Waals surface area contributed by atoms with Crippen molar-refractivity contribution in [2.75, 3.05) is 48.9 Å². The molecule has 2 amide bonds. The number of para-hydroxylation sites is 2. The van der Waals surface area contributed by atoms with E-state index in [4.69, 9.17) is 10.5 Å². The highest BCUT2D eigenvalue weighted by atomic mass is 35.5. The molecule has 1 fully saturated rings. The Bertz CT molecular complexity index is 510. The summed E-state index contributed by atoms with van der Waals surface area (Å²) in [6.45, 7) is 2.44. The molecular weight excluding hydrogens is 326 g/mol. The van der Waals surface area contributed by atoms with E-state index >= 15 is 0 Å². The zero-order chi connectivity index (χ0) is 15.1. The van der Waals surface area contributed by atoms with Crippen LogP contribution >= 0.6 is 24.2 Å². The van der Waals surface area contributed by atoms with Crippen LogP contribution in [0.25, 0.3) is 0 Å². The lowest BCUT2D eigenvalue weighted by atomic mass is 10.3. The van der Waals surface area contributed by atoms with Crippen molar-refractivity contribution in [3.8, 4) is 0 Å². The quantitative estimate of drug-likeness (QED) is 0.784. The number of carbonyl (C=O) groups is 2. The normalized spacial score (nSPS) is 14.1. The van der Waals surface area contributed by atoms with E-state index in [0.29, 0.717) is 43.4 Å². The van der Waals surface area contributed by atoms with E-state index in [1.165, 1.54) is 11.8 Å². The summed E-state index contributed by atoms with van der Waals surface area (Å²) < 4.78 is 5.19. The average Bonchev–Trinajstić information content (AvgIpc) is 2.50. The summed E-state index contributed by atoms with van der Waals surface area (Å²) in [7, 11) is 0. The number of benzene rings is 1. The van der Waals surface area contributed by atoms with Crippen LogP contribution in [0.1, 0.15) is 0 Å². The number of ether oxygens (including phenoxy) is 1. The molecule has 6 nitrogen and oxygen atoms in total. The molecule has 0 saturated carbocycles. The second kappa shape index (κ2) is 9.55. The molecule has 3 N–H and O–H groups in total. The third-order valence-electron chi connectivity index (χ3n) is 3.06. The van der Waals surface area contributed by atoms with Gasteiger partial charge < -0.3 is 20.7 Å². The van der Waals surface area contributed by atoms with Gasteiger partial charge in [0.2, 0.25) is 11.8 Å². The van der Waals surface area contributed by atoms with Crippen LogP contribution in [0.3, 0.4) is 0 Å². The standard InChI is InChI=1S/C14H19N3O3S.ClH/c15-11-3-1-2-4-12(11)16-13(18)9-21-10-14(19)17-5-7-20-8-6-17;/h1-4H,5-10,15H2,(H,16,18);1H. The summed E-state index contributed by atoms with van der Waals surface area (Å²) in [6.07, 6.45) is 0. The number of morpholine rings is 1. The van der Waals surface area contributed by atoms with Gasteiger partial charge in [-0.25, -0.2) is 0 Å². The van der Waals surface area contributed by atoms with Gasteiger partial charge in [0.1, 0.15) is 0 Å². The van der Waals surface area contributed by atoms with Crippen molar-refractivity contribution in [1.29, 1.82) is 0 Å². The molecule has 22 heavy (non-hydrogen) atoms. The molecule has 1 aliphatic heterocycles. The van der Waals surface area contributed by atoms with Crippen molar-refractivity contribution in [1.82, 2.24) is 4.90 Å². The summed E-state index contributed by atoms with van der Waals surface area (Å²) in [5.74, 6) is 0.422. The Hall–Kier alpha value is -1.44. The van der Waals surface area contributed by atoms with Crippen LogP contribution in [0.15, 0.2) is 24.3 Å². The van der Waals surface area contributed by atoms with Gasteiger partial charge in [-0.1, -0.05) is 12.1 Å². The fraction of sp³-hybridized carbons (Fsp3) is 0.429. The lowest BCUT2D eigenvalue weighted by Gasteiger charge is -2.26. The number of hydrogen-bond donors (Lipinski definition) is 2. The summed E-state index contributed by atoms with van der Waals surface area (Å²) in [6, 6.07) is 7.09. The Kier molecular flexibility index (Phi) is 8.08. The maximum atomic E-state index is 11.9. The van der Waals surface area contributed by atoms with Crippen molar-refractivity contribution in [2.24, 2.45) is 0 Å². The molecule has 0 spiro atoms. The smallest absolute Gasteiger partial charge is 0.234 e. The fourth-order valence-electron chi connectivity index (χ4n) is 1.93. The Morgan fingerprint density at radius 3 is 2.59 bits per heavy atom. The predicted molar refractivity (Wildman–Crippen MR) is 91.5 cm³/mol. The number of halogens is 1. The summed E-state index contributed by atoms with van der Waals surface area (Å²) in [4.78, 5) is 25.4. The second-order valence-electron chi connectivity index (χ2n) is 4.62. The van der Waals surface area contributed by atoms with Crippen LogP contribution < -0.4 is 11.1 Å². The molecule has 1 saturated heterocycles. The first-order chi connectivity index (χ1) is 10.2. The predicted octanol–water partition coefficient (Wildman–Crippen LogP) is 1.22. The maximum Gasteiger partial charge on any atom is 0.234 e. The molecule has 8 heteroatoms. The molecule has 0 aromatic heterocycles. The monoisotopic (exact) mass is 345 g/mol. The Balaban J connectivity index is 0.00000242. The van der Waals surface area contributed by atoms with Crippen molar-refractivity contribution in [2.45, 2.75) is 0 Å². The first kappa shape index (κ1) is 18.6. The average molecular weight is 346 g/mol. The molecule has 0 atom stereocenters. The minimum Gasteiger partial charge on any atom is -0.397 e. The van der Waals surface area contributed by atoms with Crippen LogP contribution in [-0.4, -0.2) is 54.5 Å². The number of anilines is 2. The van der Waals surface area contributed by atoms with Gasteiger partial charge in [0.05, 0.1) is 36.1 Å². The van der Waals surface area contributed by atoms with Crippen molar-refractivity contribution >= 4 is 47.4 Å². The first-order valence-electron chi connectivity index (χ1n) is 6.74. The van der Waals surface area contributed by atoms with Gasteiger partial charge in [0.25, 0.3) is 0 Å². The molecule has 122 valence electrons. The van der Waals surface area contributed by atoms with Gasteiger partial charge in [0, 0.05) is 13.1 Å². The third-order valence-corrected chi connectivity index (χ3v) is 3.97. The minimum atomic E-state index is -0.160. The Labute approximate surface area is 140 Å². The van der Waals surface area contributed by atoms with E-state index in [2.05, 4.69) is 5.32 Å².